The van der Waals surface area contributed by atoms with Crippen molar-refractivity contribution in [3.8, 4) is 0 Å². The Morgan fingerprint density at radius 3 is 2.73 bits per heavy atom. The molecule has 0 atom stereocenters. The van der Waals surface area contributed by atoms with E-state index in [1.807, 2.05) is 19.3 Å². The molecular weight excluding hydrogens is 274 g/mol. The van der Waals surface area contributed by atoms with Crippen molar-refractivity contribution in [3.05, 3.63) is 29.6 Å². The molecule has 22 heavy (non-hydrogen) atoms. The zero-order valence-corrected chi connectivity index (χ0v) is 13.7. The van der Waals surface area contributed by atoms with Gasteiger partial charge in [0.25, 0.3) is 0 Å². The lowest BCUT2D eigenvalue weighted by atomic mass is 10.1. The molecule has 1 aromatic rings. The number of guanidine groups is 1. The Labute approximate surface area is 133 Å². The number of aliphatic imine (C=N–C) groups is 1. The summed E-state index contributed by atoms with van der Waals surface area (Å²) in [6, 6.07) is 5.49. The summed E-state index contributed by atoms with van der Waals surface area (Å²) < 4.78 is 0. The van der Waals surface area contributed by atoms with Gasteiger partial charge < -0.3 is 15.5 Å². The topological polar surface area (TPSA) is 52.6 Å². The molecule has 0 bridgehead atoms. The van der Waals surface area contributed by atoms with Crippen molar-refractivity contribution in [2.75, 3.05) is 20.1 Å². The largest absolute Gasteiger partial charge is 0.354 e. The van der Waals surface area contributed by atoms with Crippen LogP contribution in [-0.2, 0) is 6.54 Å². The fourth-order valence-corrected chi connectivity index (χ4v) is 3.11. The Morgan fingerprint density at radius 2 is 2.09 bits per heavy atom. The van der Waals surface area contributed by atoms with Crippen LogP contribution in [-0.4, -0.2) is 48.1 Å². The van der Waals surface area contributed by atoms with Crippen LogP contribution in [0.25, 0.3) is 0 Å². The van der Waals surface area contributed by atoms with Crippen LogP contribution in [0.3, 0.4) is 0 Å². The first-order valence-electron chi connectivity index (χ1n) is 8.38. The highest BCUT2D eigenvalue weighted by atomic mass is 15.2. The lowest BCUT2D eigenvalue weighted by Gasteiger charge is -2.33. The maximum atomic E-state index is 4.42. The van der Waals surface area contributed by atoms with Gasteiger partial charge in [0, 0.05) is 38.4 Å². The second kappa shape index (κ2) is 7.09. The normalized spacial score (nSPS) is 20.9. The predicted octanol–water partition coefficient (Wildman–Crippen LogP) is 1.68. The number of aryl methyl sites for hydroxylation is 1. The Balaban J connectivity index is 1.45. The monoisotopic (exact) mass is 301 g/mol. The molecular formula is C17H27N5. The molecule has 1 aliphatic carbocycles. The molecule has 5 nitrogen and oxygen atoms in total. The fourth-order valence-electron chi connectivity index (χ4n) is 3.11. The summed E-state index contributed by atoms with van der Waals surface area (Å²) in [5.74, 6) is 0.884. The van der Waals surface area contributed by atoms with Crippen molar-refractivity contribution in [2.45, 2.75) is 51.2 Å². The van der Waals surface area contributed by atoms with Crippen LogP contribution in [0.5, 0.6) is 0 Å². The standard InChI is InChI=1S/C17H27N5/c1-13-4-3-9-19-16(13)12-20-17(18-2)21-14-7-10-22(11-8-14)15-5-6-15/h3-4,9,14-15H,5-8,10-12H2,1-2H3,(H2,18,20,21). The molecule has 1 aliphatic heterocycles. The van der Waals surface area contributed by atoms with Gasteiger partial charge in [-0.25, -0.2) is 0 Å². The van der Waals surface area contributed by atoms with Gasteiger partial charge in [0.2, 0.25) is 0 Å². The number of hydrogen-bond donors (Lipinski definition) is 2. The number of nitrogens with zero attached hydrogens (tertiary/aromatic N) is 3. The summed E-state index contributed by atoms with van der Waals surface area (Å²) in [6.45, 7) is 5.25. The zero-order chi connectivity index (χ0) is 15.4. The average Bonchev–Trinajstić information content (AvgIpc) is 3.38. The Morgan fingerprint density at radius 1 is 1.32 bits per heavy atom. The summed E-state index contributed by atoms with van der Waals surface area (Å²) in [6.07, 6.45) is 7.07. The van der Waals surface area contributed by atoms with E-state index in [0.29, 0.717) is 12.6 Å². The third kappa shape index (κ3) is 3.97. The lowest BCUT2D eigenvalue weighted by Crippen LogP contribution is -2.48. The summed E-state index contributed by atoms with van der Waals surface area (Å²) in [5, 5.41) is 6.94. The highest BCUT2D eigenvalue weighted by Gasteiger charge is 2.31. The van der Waals surface area contributed by atoms with Gasteiger partial charge in [-0.2, -0.15) is 0 Å². The van der Waals surface area contributed by atoms with E-state index in [-0.39, 0.29) is 0 Å². The number of nitrogens with one attached hydrogen (secondary N) is 2. The second-order valence-electron chi connectivity index (χ2n) is 6.38. The van der Waals surface area contributed by atoms with Gasteiger partial charge in [0.1, 0.15) is 0 Å². The molecule has 3 rings (SSSR count). The third-order valence-electron chi connectivity index (χ3n) is 4.70. The molecule has 2 heterocycles. The molecule has 0 aromatic carbocycles. The maximum Gasteiger partial charge on any atom is 0.191 e. The van der Waals surface area contributed by atoms with Crippen molar-refractivity contribution in [1.82, 2.24) is 20.5 Å². The van der Waals surface area contributed by atoms with E-state index in [1.165, 1.54) is 44.3 Å². The van der Waals surface area contributed by atoms with Crippen molar-refractivity contribution >= 4 is 5.96 Å². The van der Waals surface area contributed by atoms with Gasteiger partial charge in [-0.15, -0.1) is 0 Å². The van der Waals surface area contributed by atoms with E-state index in [2.05, 4.69) is 38.5 Å². The minimum absolute atomic E-state index is 0.533. The maximum absolute atomic E-state index is 4.42. The highest BCUT2D eigenvalue weighted by Crippen LogP contribution is 2.29. The second-order valence-corrected chi connectivity index (χ2v) is 6.38. The van der Waals surface area contributed by atoms with Gasteiger partial charge in [-0.05, 0) is 44.2 Å². The van der Waals surface area contributed by atoms with Crippen molar-refractivity contribution < 1.29 is 0 Å². The zero-order valence-electron chi connectivity index (χ0n) is 13.7. The molecule has 0 amide bonds. The van der Waals surface area contributed by atoms with Gasteiger partial charge in [-0.3, -0.25) is 9.98 Å². The molecule has 0 unspecified atom stereocenters. The number of piperidine rings is 1. The molecule has 0 radical (unpaired) electrons. The van der Waals surface area contributed by atoms with Crippen molar-refractivity contribution in [1.29, 1.82) is 0 Å². The molecule has 2 aliphatic rings. The van der Waals surface area contributed by atoms with Crippen LogP contribution in [0.2, 0.25) is 0 Å². The van der Waals surface area contributed by atoms with E-state index in [1.54, 1.807) is 0 Å². The van der Waals surface area contributed by atoms with Crippen LogP contribution < -0.4 is 10.6 Å². The Bertz CT molecular complexity index is 516. The predicted molar refractivity (Wildman–Crippen MR) is 89.9 cm³/mol. The van der Waals surface area contributed by atoms with Crippen LogP contribution >= 0.6 is 0 Å². The van der Waals surface area contributed by atoms with Crippen LogP contribution in [0.4, 0.5) is 0 Å². The third-order valence-corrected chi connectivity index (χ3v) is 4.70. The number of pyridine rings is 1. The SMILES string of the molecule is CN=C(NCc1ncccc1C)NC1CCN(C2CC2)CC1. The minimum atomic E-state index is 0.533. The number of rotatable bonds is 4. The van der Waals surface area contributed by atoms with Gasteiger partial charge in [0.05, 0.1) is 12.2 Å². The molecule has 2 fully saturated rings. The van der Waals surface area contributed by atoms with E-state index < -0.39 is 0 Å². The fraction of sp³-hybridized carbons (Fsp3) is 0.647. The summed E-state index contributed by atoms with van der Waals surface area (Å²) in [4.78, 5) is 11.4. The molecule has 1 saturated carbocycles. The van der Waals surface area contributed by atoms with Crippen molar-refractivity contribution in [3.63, 3.8) is 0 Å². The lowest BCUT2D eigenvalue weighted by molar-refractivity contribution is 0.197. The number of aromatic nitrogens is 1. The smallest absolute Gasteiger partial charge is 0.191 e. The number of hydrogen-bond acceptors (Lipinski definition) is 3. The quantitative estimate of drug-likeness (QED) is 0.656. The Hall–Kier alpha value is -1.62. The van der Waals surface area contributed by atoms with Gasteiger partial charge >= 0.3 is 0 Å². The molecule has 0 spiro atoms. The summed E-state index contributed by atoms with van der Waals surface area (Å²) in [7, 11) is 1.83. The van der Waals surface area contributed by atoms with Crippen LogP contribution in [0, 0.1) is 6.92 Å². The average molecular weight is 301 g/mol. The molecule has 2 N–H and O–H groups in total. The molecule has 5 heteroatoms. The van der Waals surface area contributed by atoms with E-state index in [4.69, 9.17) is 0 Å². The minimum Gasteiger partial charge on any atom is -0.354 e. The molecule has 1 saturated heterocycles. The molecule has 120 valence electrons. The van der Waals surface area contributed by atoms with Gasteiger partial charge in [-0.1, -0.05) is 6.07 Å². The van der Waals surface area contributed by atoms with E-state index in [9.17, 15) is 0 Å². The Kier molecular flexibility index (Phi) is 4.93. The first-order valence-corrected chi connectivity index (χ1v) is 8.38. The van der Waals surface area contributed by atoms with Crippen LogP contribution in [0.1, 0.15) is 36.9 Å². The van der Waals surface area contributed by atoms with E-state index >= 15 is 0 Å². The van der Waals surface area contributed by atoms with Gasteiger partial charge in [0.15, 0.2) is 5.96 Å². The summed E-state index contributed by atoms with van der Waals surface area (Å²) >= 11 is 0. The number of likely N-dealkylation sites (tertiary alicyclic amines) is 1. The van der Waals surface area contributed by atoms with E-state index in [0.717, 1.165) is 17.7 Å². The van der Waals surface area contributed by atoms with Crippen molar-refractivity contribution in [2.24, 2.45) is 4.99 Å². The highest BCUT2D eigenvalue weighted by molar-refractivity contribution is 5.79. The first kappa shape index (κ1) is 15.3. The first-order chi connectivity index (χ1) is 10.8. The molecule has 1 aromatic heterocycles. The van der Waals surface area contributed by atoms with Crippen LogP contribution in [0.15, 0.2) is 23.3 Å². The summed E-state index contributed by atoms with van der Waals surface area (Å²) in [5.41, 5.74) is 2.29.